The van der Waals surface area contributed by atoms with Crippen molar-refractivity contribution in [1.29, 1.82) is 0 Å². The summed E-state index contributed by atoms with van der Waals surface area (Å²) in [5.41, 5.74) is 1.02. The molecule has 0 saturated heterocycles. The Morgan fingerprint density at radius 1 is 0.952 bits per heavy atom. The van der Waals surface area contributed by atoms with Gasteiger partial charge in [-0.05, 0) is 42.7 Å². The van der Waals surface area contributed by atoms with E-state index < -0.39 is 0 Å². The first-order chi connectivity index (χ1) is 10.2. The number of fused-ring (bicyclic) bond motifs is 1. The summed E-state index contributed by atoms with van der Waals surface area (Å²) >= 11 is 6.81. The SMILES string of the molecule is COc1ccc(C(Cl)C2C3CCCCC32)c(OC)c1OC. The molecule has 2 aliphatic carbocycles. The zero-order valence-electron chi connectivity index (χ0n) is 12.9. The molecule has 3 unspecified atom stereocenters. The van der Waals surface area contributed by atoms with Crippen LogP contribution in [0.1, 0.15) is 36.6 Å². The fraction of sp³-hybridized carbons (Fsp3) is 0.647. The number of methoxy groups -OCH3 is 3. The lowest BCUT2D eigenvalue weighted by Crippen LogP contribution is -2.03. The van der Waals surface area contributed by atoms with Crippen molar-refractivity contribution in [3.05, 3.63) is 17.7 Å². The highest BCUT2D eigenvalue weighted by atomic mass is 35.5. The van der Waals surface area contributed by atoms with Crippen molar-refractivity contribution in [1.82, 2.24) is 0 Å². The van der Waals surface area contributed by atoms with Gasteiger partial charge in [0, 0.05) is 5.56 Å². The summed E-state index contributed by atoms with van der Waals surface area (Å²) in [6, 6.07) is 3.93. The molecule has 116 valence electrons. The quantitative estimate of drug-likeness (QED) is 0.753. The summed E-state index contributed by atoms with van der Waals surface area (Å²) in [6.07, 6.45) is 5.36. The van der Waals surface area contributed by atoms with Crippen molar-refractivity contribution in [2.75, 3.05) is 21.3 Å². The normalized spacial score (nSPS) is 28.5. The highest BCUT2D eigenvalue weighted by molar-refractivity contribution is 6.21. The number of benzene rings is 1. The van der Waals surface area contributed by atoms with Gasteiger partial charge in [-0.2, -0.15) is 0 Å². The molecule has 0 spiro atoms. The fourth-order valence-corrected chi connectivity index (χ4v) is 4.58. The largest absolute Gasteiger partial charge is 0.493 e. The first-order valence-electron chi connectivity index (χ1n) is 7.65. The van der Waals surface area contributed by atoms with E-state index in [-0.39, 0.29) is 5.38 Å². The molecule has 0 aliphatic heterocycles. The van der Waals surface area contributed by atoms with Crippen LogP contribution in [-0.2, 0) is 0 Å². The highest BCUT2D eigenvalue weighted by Gasteiger charge is 2.54. The van der Waals surface area contributed by atoms with Crippen molar-refractivity contribution in [2.24, 2.45) is 17.8 Å². The van der Waals surface area contributed by atoms with Crippen molar-refractivity contribution < 1.29 is 14.2 Å². The molecule has 2 aliphatic rings. The van der Waals surface area contributed by atoms with Gasteiger partial charge in [0.05, 0.1) is 26.7 Å². The van der Waals surface area contributed by atoms with E-state index in [4.69, 9.17) is 25.8 Å². The average Bonchev–Trinajstić information content (AvgIpc) is 3.26. The summed E-state index contributed by atoms with van der Waals surface area (Å²) in [5.74, 6) is 4.21. The second-order valence-electron chi connectivity index (χ2n) is 6.01. The summed E-state index contributed by atoms with van der Waals surface area (Å²) in [7, 11) is 4.92. The Kier molecular flexibility index (Phi) is 4.21. The zero-order chi connectivity index (χ0) is 15.0. The highest BCUT2D eigenvalue weighted by Crippen LogP contribution is 2.63. The lowest BCUT2D eigenvalue weighted by molar-refractivity contribution is 0.321. The minimum Gasteiger partial charge on any atom is -0.493 e. The second kappa shape index (κ2) is 5.96. The van der Waals surface area contributed by atoms with Crippen molar-refractivity contribution >= 4 is 11.6 Å². The second-order valence-corrected chi connectivity index (χ2v) is 6.49. The predicted molar refractivity (Wildman–Crippen MR) is 83.6 cm³/mol. The lowest BCUT2D eigenvalue weighted by atomic mass is 10.0. The Morgan fingerprint density at radius 3 is 2.10 bits per heavy atom. The van der Waals surface area contributed by atoms with Crippen LogP contribution >= 0.6 is 11.6 Å². The first kappa shape index (κ1) is 14.8. The van der Waals surface area contributed by atoms with Crippen molar-refractivity contribution in [2.45, 2.75) is 31.1 Å². The van der Waals surface area contributed by atoms with Crippen LogP contribution in [0.3, 0.4) is 0 Å². The topological polar surface area (TPSA) is 27.7 Å². The van der Waals surface area contributed by atoms with Crippen LogP contribution in [0.25, 0.3) is 0 Å². The number of rotatable bonds is 5. The summed E-state index contributed by atoms with van der Waals surface area (Å²) in [4.78, 5) is 0. The minimum atomic E-state index is -0.00661. The van der Waals surface area contributed by atoms with Crippen LogP contribution in [0, 0.1) is 17.8 Å². The molecular weight excluding hydrogens is 288 g/mol. The maximum absolute atomic E-state index is 6.81. The molecule has 1 aromatic carbocycles. The van der Waals surface area contributed by atoms with Crippen molar-refractivity contribution in [3.8, 4) is 17.2 Å². The van der Waals surface area contributed by atoms with Crippen LogP contribution in [0.4, 0.5) is 0 Å². The van der Waals surface area contributed by atoms with Crippen LogP contribution in [0.2, 0.25) is 0 Å². The molecule has 0 amide bonds. The summed E-state index contributed by atoms with van der Waals surface area (Å²) in [6.45, 7) is 0. The first-order valence-corrected chi connectivity index (χ1v) is 8.09. The van der Waals surface area contributed by atoms with Crippen LogP contribution in [0.15, 0.2) is 12.1 Å². The Labute approximate surface area is 131 Å². The third-order valence-corrected chi connectivity index (χ3v) is 5.62. The molecule has 0 radical (unpaired) electrons. The number of hydrogen-bond acceptors (Lipinski definition) is 3. The summed E-state index contributed by atoms with van der Waals surface area (Å²) in [5, 5.41) is -0.00661. The van der Waals surface area contributed by atoms with Crippen LogP contribution in [-0.4, -0.2) is 21.3 Å². The molecule has 3 rings (SSSR count). The van der Waals surface area contributed by atoms with E-state index in [9.17, 15) is 0 Å². The van der Waals surface area contributed by atoms with E-state index >= 15 is 0 Å². The van der Waals surface area contributed by atoms with Gasteiger partial charge in [0.25, 0.3) is 0 Å². The molecule has 3 nitrogen and oxygen atoms in total. The number of alkyl halides is 1. The van der Waals surface area contributed by atoms with Gasteiger partial charge in [-0.25, -0.2) is 0 Å². The molecule has 2 fully saturated rings. The molecule has 0 heterocycles. The van der Waals surface area contributed by atoms with Gasteiger partial charge in [0.15, 0.2) is 11.5 Å². The molecule has 0 bridgehead atoms. The number of halogens is 1. The third-order valence-electron chi connectivity index (χ3n) is 5.09. The Bertz CT molecular complexity index is 505. The predicted octanol–water partition coefficient (Wildman–Crippen LogP) is 4.43. The standard InChI is InChI=1S/C17H23ClO3/c1-19-13-9-8-12(16(20-2)17(13)21-3)15(18)14-10-6-4-5-7-11(10)14/h8-11,14-15H,4-7H2,1-3H3. The monoisotopic (exact) mass is 310 g/mol. The van der Waals surface area contributed by atoms with Gasteiger partial charge in [-0.15, -0.1) is 11.6 Å². The molecule has 1 aromatic rings. The maximum atomic E-state index is 6.81. The zero-order valence-corrected chi connectivity index (χ0v) is 13.7. The van der Waals surface area contributed by atoms with Crippen LogP contribution < -0.4 is 14.2 Å². The van der Waals surface area contributed by atoms with Crippen LogP contribution in [0.5, 0.6) is 17.2 Å². The van der Waals surface area contributed by atoms with Gasteiger partial charge in [0.1, 0.15) is 0 Å². The Morgan fingerprint density at radius 2 is 1.57 bits per heavy atom. The van der Waals surface area contributed by atoms with Gasteiger partial charge >= 0.3 is 0 Å². The van der Waals surface area contributed by atoms with Gasteiger partial charge in [-0.3, -0.25) is 0 Å². The smallest absolute Gasteiger partial charge is 0.203 e. The molecule has 0 N–H and O–H groups in total. The van der Waals surface area contributed by atoms with E-state index in [0.29, 0.717) is 23.2 Å². The average molecular weight is 311 g/mol. The van der Waals surface area contributed by atoms with E-state index in [2.05, 4.69) is 0 Å². The van der Waals surface area contributed by atoms with Crippen molar-refractivity contribution in [3.63, 3.8) is 0 Å². The van der Waals surface area contributed by atoms with Gasteiger partial charge in [-0.1, -0.05) is 12.8 Å². The molecule has 3 atom stereocenters. The fourth-order valence-electron chi connectivity index (χ4n) is 4.03. The Hall–Kier alpha value is -1.09. The third kappa shape index (κ3) is 2.46. The van der Waals surface area contributed by atoms with Gasteiger partial charge in [0.2, 0.25) is 5.75 Å². The van der Waals surface area contributed by atoms with E-state index in [1.54, 1.807) is 21.3 Å². The molecule has 21 heavy (non-hydrogen) atoms. The number of hydrogen-bond donors (Lipinski definition) is 0. The molecular formula is C17H23ClO3. The number of ether oxygens (including phenoxy) is 3. The Balaban J connectivity index is 1.91. The molecule has 4 heteroatoms. The van der Waals surface area contributed by atoms with E-state index in [1.807, 2.05) is 12.1 Å². The maximum Gasteiger partial charge on any atom is 0.203 e. The molecule has 2 saturated carbocycles. The molecule has 0 aromatic heterocycles. The van der Waals surface area contributed by atoms with Gasteiger partial charge < -0.3 is 14.2 Å². The summed E-state index contributed by atoms with van der Waals surface area (Å²) < 4.78 is 16.4. The van der Waals surface area contributed by atoms with E-state index in [1.165, 1.54) is 25.7 Å². The minimum absolute atomic E-state index is 0.00661. The van der Waals surface area contributed by atoms with E-state index in [0.717, 1.165) is 17.4 Å². The lowest BCUT2D eigenvalue weighted by Gasteiger charge is -2.19.